The van der Waals surface area contributed by atoms with Gasteiger partial charge in [0.25, 0.3) is 0 Å². The number of nitrogens with zero attached hydrogens (tertiary/aromatic N) is 2. The molecule has 0 amide bonds. The minimum absolute atomic E-state index is 0.0159. The molecule has 0 radical (unpaired) electrons. The molecule has 4 N–H and O–H groups in total. The van der Waals surface area contributed by atoms with Gasteiger partial charge in [-0.3, -0.25) is 0 Å². The maximum Gasteiger partial charge on any atom is 0.224 e. The number of nitrogen functional groups attached to an aromatic ring is 1. The van der Waals surface area contributed by atoms with Gasteiger partial charge in [0.05, 0.1) is 6.61 Å². The summed E-state index contributed by atoms with van der Waals surface area (Å²) in [6, 6.07) is 13.3. The van der Waals surface area contributed by atoms with Crippen LogP contribution in [0.2, 0.25) is 0 Å². The number of ether oxygens (including phenoxy) is 1. The van der Waals surface area contributed by atoms with Crippen molar-refractivity contribution in [3.05, 3.63) is 71.8 Å². The topological polar surface area (TPSA) is 93.3 Å². The van der Waals surface area contributed by atoms with Gasteiger partial charge in [0.1, 0.15) is 12.1 Å². The standard InChI is InChI=1S/C18H17FN4O2/c19-15-7-14(20)5-6-16(15)25-18-8-17(22-11-23-18)21-9-12-1-3-13(10-24)4-2-12/h1-8,11,24H,9-10,20H2,(H,21,22,23). The number of nitrogens with two attached hydrogens (primary N) is 1. The van der Waals surface area contributed by atoms with Crippen molar-refractivity contribution in [1.82, 2.24) is 9.97 Å². The Labute approximate surface area is 144 Å². The molecule has 0 unspecified atom stereocenters. The predicted molar refractivity (Wildman–Crippen MR) is 92.6 cm³/mol. The van der Waals surface area contributed by atoms with Gasteiger partial charge in [-0.25, -0.2) is 14.4 Å². The third-order valence-electron chi connectivity index (χ3n) is 3.49. The van der Waals surface area contributed by atoms with Crippen LogP contribution in [-0.2, 0) is 13.2 Å². The second-order valence-electron chi connectivity index (χ2n) is 5.36. The molecule has 6 nitrogen and oxygen atoms in total. The highest BCUT2D eigenvalue weighted by Crippen LogP contribution is 2.25. The quantitative estimate of drug-likeness (QED) is 0.597. The number of nitrogens with one attached hydrogen (secondary N) is 1. The second kappa shape index (κ2) is 7.59. The molecule has 0 atom stereocenters. The van der Waals surface area contributed by atoms with Crippen LogP contribution in [0.1, 0.15) is 11.1 Å². The van der Waals surface area contributed by atoms with E-state index in [1.165, 1.54) is 18.5 Å². The highest BCUT2D eigenvalue weighted by molar-refractivity contribution is 5.45. The van der Waals surface area contributed by atoms with Crippen LogP contribution in [0.3, 0.4) is 0 Å². The van der Waals surface area contributed by atoms with Crippen LogP contribution >= 0.6 is 0 Å². The lowest BCUT2D eigenvalue weighted by molar-refractivity contribution is 0.282. The third-order valence-corrected chi connectivity index (χ3v) is 3.49. The number of hydrogen-bond acceptors (Lipinski definition) is 6. The summed E-state index contributed by atoms with van der Waals surface area (Å²) in [5, 5.41) is 12.2. The Morgan fingerprint density at radius 2 is 1.80 bits per heavy atom. The third kappa shape index (κ3) is 4.42. The molecule has 0 aliphatic heterocycles. The molecule has 128 valence electrons. The first-order chi connectivity index (χ1) is 12.1. The number of aliphatic hydroxyl groups excluding tert-OH is 1. The van der Waals surface area contributed by atoms with E-state index in [1.807, 2.05) is 24.3 Å². The molecule has 3 rings (SSSR count). The number of aliphatic hydroxyl groups is 1. The minimum Gasteiger partial charge on any atom is -0.436 e. The molecule has 1 heterocycles. The largest absolute Gasteiger partial charge is 0.436 e. The molecule has 7 heteroatoms. The van der Waals surface area contributed by atoms with Crippen molar-refractivity contribution in [3.63, 3.8) is 0 Å². The van der Waals surface area contributed by atoms with E-state index in [9.17, 15) is 4.39 Å². The Balaban J connectivity index is 1.66. The van der Waals surface area contributed by atoms with Gasteiger partial charge < -0.3 is 20.9 Å². The lowest BCUT2D eigenvalue weighted by Gasteiger charge is -2.09. The minimum atomic E-state index is -0.558. The maximum absolute atomic E-state index is 13.8. The Bertz CT molecular complexity index is 856. The zero-order valence-corrected chi connectivity index (χ0v) is 13.3. The molecule has 0 bridgehead atoms. The van der Waals surface area contributed by atoms with Crippen LogP contribution < -0.4 is 15.8 Å². The molecule has 0 aliphatic carbocycles. The van der Waals surface area contributed by atoms with Crippen LogP contribution in [-0.4, -0.2) is 15.1 Å². The molecular weight excluding hydrogens is 323 g/mol. The molecule has 2 aromatic carbocycles. The van der Waals surface area contributed by atoms with Crippen LogP contribution in [0, 0.1) is 5.82 Å². The van der Waals surface area contributed by atoms with Crippen molar-refractivity contribution >= 4 is 11.5 Å². The Morgan fingerprint density at radius 1 is 1.04 bits per heavy atom. The summed E-state index contributed by atoms with van der Waals surface area (Å²) in [7, 11) is 0. The van der Waals surface area contributed by atoms with Crippen LogP contribution in [0.5, 0.6) is 11.6 Å². The van der Waals surface area contributed by atoms with E-state index in [2.05, 4.69) is 15.3 Å². The van der Waals surface area contributed by atoms with Crippen molar-refractivity contribution in [2.75, 3.05) is 11.1 Å². The zero-order valence-electron chi connectivity index (χ0n) is 13.3. The number of hydrogen-bond donors (Lipinski definition) is 3. The van der Waals surface area contributed by atoms with Gasteiger partial charge in [0.2, 0.25) is 5.88 Å². The fourth-order valence-electron chi connectivity index (χ4n) is 2.16. The normalized spacial score (nSPS) is 10.5. The van der Waals surface area contributed by atoms with Gasteiger partial charge in [-0.1, -0.05) is 24.3 Å². The van der Waals surface area contributed by atoms with Gasteiger partial charge >= 0.3 is 0 Å². The molecule has 0 saturated heterocycles. The zero-order chi connectivity index (χ0) is 17.6. The molecule has 0 aliphatic rings. The molecule has 1 aromatic heterocycles. The Kier molecular flexibility index (Phi) is 5.06. The Morgan fingerprint density at radius 3 is 2.52 bits per heavy atom. The molecule has 0 spiro atoms. The monoisotopic (exact) mass is 340 g/mol. The van der Waals surface area contributed by atoms with Crippen LogP contribution in [0.15, 0.2) is 54.9 Å². The second-order valence-corrected chi connectivity index (χ2v) is 5.36. The van der Waals surface area contributed by atoms with E-state index in [0.717, 1.165) is 11.1 Å². The lowest BCUT2D eigenvalue weighted by atomic mass is 10.1. The average molecular weight is 340 g/mol. The summed E-state index contributed by atoms with van der Waals surface area (Å²) in [6.45, 7) is 0.556. The van der Waals surface area contributed by atoms with E-state index in [1.54, 1.807) is 12.1 Å². The van der Waals surface area contributed by atoms with Crippen LogP contribution in [0.4, 0.5) is 15.9 Å². The molecule has 0 saturated carbocycles. The predicted octanol–water partition coefficient (Wildman–Crippen LogP) is 3.09. The van der Waals surface area contributed by atoms with Gasteiger partial charge in [0, 0.05) is 24.4 Å². The maximum atomic E-state index is 13.8. The average Bonchev–Trinajstić information content (AvgIpc) is 2.63. The molecular formula is C18H17FN4O2. The fourth-order valence-corrected chi connectivity index (χ4v) is 2.16. The first-order valence-electron chi connectivity index (χ1n) is 7.61. The van der Waals surface area contributed by atoms with Crippen molar-refractivity contribution in [2.24, 2.45) is 0 Å². The number of benzene rings is 2. The number of rotatable bonds is 6. The Hall–Kier alpha value is -3.19. The summed E-state index contributed by atoms with van der Waals surface area (Å²) in [5.74, 6) is 0.249. The number of halogens is 1. The van der Waals surface area contributed by atoms with E-state index < -0.39 is 5.82 Å². The number of aromatic nitrogens is 2. The molecule has 0 fully saturated rings. The van der Waals surface area contributed by atoms with E-state index in [-0.39, 0.29) is 18.2 Å². The molecule has 3 aromatic rings. The summed E-state index contributed by atoms with van der Waals surface area (Å²) < 4.78 is 19.2. The van der Waals surface area contributed by atoms with Crippen molar-refractivity contribution < 1.29 is 14.2 Å². The van der Waals surface area contributed by atoms with Crippen LogP contribution in [0.25, 0.3) is 0 Å². The van der Waals surface area contributed by atoms with Crippen molar-refractivity contribution in [3.8, 4) is 11.6 Å². The van der Waals surface area contributed by atoms with E-state index >= 15 is 0 Å². The van der Waals surface area contributed by atoms with Gasteiger partial charge in [-0.05, 0) is 23.3 Å². The highest BCUT2D eigenvalue weighted by atomic mass is 19.1. The van der Waals surface area contributed by atoms with Gasteiger partial charge in [-0.2, -0.15) is 0 Å². The van der Waals surface area contributed by atoms with Crippen molar-refractivity contribution in [2.45, 2.75) is 13.2 Å². The first-order valence-corrected chi connectivity index (χ1v) is 7.61. The summed E-state index contributed by atoms with van der Waals surface area (Å²) in [5.41, 5.74) is 7.72. The SMILES string of the molecule is Nc1ccc(Oc2cc(NCc3ccc(CO)cc3)ncn2)c(F)c1. The van der Waals surface area contributed by atoms with E-state index in [4.69, 9.17) is 15.6 Å². The summed E-state index contributed by atoms with van der Waals surface area (Å²) in [4.78, 5) is 8.09. The van der Waals surface area contributed by atoms with Crippen molar-refractivity contribution in [1.29, 1.82) is 0 Å². The van der Waals surface area contributed by atoms with Gasteiger partial charge in [0.15, 0.2) is 11.6 Å². The summed E-state index contributed by atoms with van der Waals surface area (Å²) in [6.07, 6.45) is 1.34. The molecule has 25 heavy (non-hydrogen) atoms. The smallest absolute Gasteiger partial charge is 0.224 e. The summed E-state index contributed by atoms with van der Waals surface area (Å²) >= 11 is 0. The van der Waals surface area contributed by atoms with Gasteiger partial charge in [-0.15, -0.1) is 0 Å². The first kappa shape index (κ1) is 16.7. The lowest BCUT2D eigenvalue weighted by Crippen LogP contribution is -2.02. The van der Waals surface area contributed by atoms with E-state index in [0.29, 0.717) is 18.1 Å². The highest BCUT2D eigenvalue weighted by Gasteiger charge is 2.07. The fraction of sp³-hybridized carbons (Fsp3) is 0.111. The number of anilines is 2.